The SMILES string of the molecule is CCC=CCc1ccc(CC[C@H]2CC[C@H](CCCCc3ccc(COC)cc3)CC2)cc1. The highest BCUT2D eigenvalue weighted by molar-refractivity contribution is 5.24. The minimum atomic E-state index is 0.714. The highest BCUT2D eigenvalue weighted by Gasteiger charge is 2.20. The number of ether oxygens (including phenoxy) is 1. The molecule has 174 valence electrons. The fraction of sp³-hybridized carbons (Fsp3) is 0.548. The molecular weight excluding hydrogens is 388 g/mol. The van der Waals surface area contributed by atoms with Crippen LogP contribution in [0, 0.1) is 11.8 Å². The Morgan fingerprint density at radius 3 is 1.88 bits per heavy atom. The van der Waals surface area contributed by atoms with E-state index in [1.165, 1.54) is 86.5 Å². The molecule has 0 spiro atoms. The Morgan fingerprint density at radius 1 is 0.688 bits per heavy atom. The average Bonchev–Trinajstić information content (AvgIpc) is 2.83. The molecule has 1 aliphatic carbocycles. The Bertz CT molecular complexity index is 763. The van der Waals surface area contributed by atoms with E-state index in [0.717, 1.165) is 24.7 Å². The lowest BCUT2D eigenvalue weighted by atomic mass is 9.77. The van der Waals surface area contributed by atoms with E-state index in [0.29, 0.717) is 6.61 Å². The molecule has 0 N–H and O–H groups in total. The second-order valence-electron chi connectivity index (χ2n) is 9.82. The van der Waals surface area contributed by atoms with Crippen LogP contribution in [-0.2, 0) is 30.6 Å². The standard InChI is InChI=1S/C31H44O/c1-3-4-5-8-26-11-15-29(16-12-26)19-20-30-17-13-27(14-18-30)9-6-7-10-28-21-23-31(24-22-28)25-32-2/h4-5,11-12,15-16,21-24,27,30H,3,6-10,13-14,17-20,25H2,1-2H3/t27-,30-. The van der Waals surface area contributed by atoms with Crippen LogP contribution in [0.5, 0.6) is 0 Å². The molecule has 3 rings (SSSR count). The van der Waals surface area contributed by atoms with Crippen LogP contribution in [0.1, 0.15) is 87.0 Å². The summed E-state index contributed by atoms with van der Waals surface area (Å²) in [6.45, 7) is 2.91. The lowest BCUT2D eigenvalue weighted by Crippen LogP contribution is -2.15. The number of methoxy groups -OCH3 is 1. The van der Waals surface area contributed by atoms with Gasteiger partial charge in [0.05, 0.1) is 6.61 Å². The zero-order valence-corrected chi connectivity index (χ0v) is 20.5. The first-order valence-corrected chi connectivity index (χ1v) is 13.1. The Morgan fingerprint density at radius 2 is 1.25 bits per heavy atom. The number of aryl methyl sites for hydroxylation is 2. The smallest absolute Gasteiger partial charge is 0.0713 e. The van der Waals surface area contributed by atoms with E-state index >= 15 is 0 Å². The van der Waals surface area contributed by atoms with E-state index in [-0.39, 0.29) is 0 Å². The second kappa shape index (κ2) is 14.3. The Labute approximate surface area is 197 Å². The molecule has 1 heteroatoms. The van der Waals surface area contributed by atoms with Crippen molar-refractivity contribution in [3.63, 3.8) is 0 Å². The first-order valence-electron chi connectivity index (χ1n) is 13.1. The van der Waals surface area contributed by atoms with E-state index in [1.807, 2.05) is 0 Å². The van der Waals surface area contributed by atoms with E-state index in [4.69, 9.17) is 4.74 Å². The van der Waals surface area contributed by atoms with Crippen molar-refractivity contribution >= 4 is 0 Å². The molecule has 0 radical (unpaired) electrons. The van der Waals surface area contributed by atoms with Crippen LogP contribution < -0.4 is 0 Å². The third kappa shape index (κ3) is 8.94. The van der Waals surface area contributed by atoms with Crippen molar-refractivity contribution in [2.75, 3.05) is 7.11 Å². The monoisotopic (exact) mass is 432 g/mol. The van der Waals surface area contributed by atoms with Crippen LogP contribution in [0.2, 0.25) is 0 Å². The van der Waals surface area contributed by atoms with Crippen molar-refractivity contribution in [1.29, 1.82) is 0 Å². The molecule has 0 saturated heterocycles. The lowest BCUT2D eigenvalue weighted by molar-refractivity contribution is 0.185. The van der Waals surface area contributed by atoms with E-state index in [9.17, 15) is 0 Å². The minimum Gasteiger partial charge on any atom is -0.380 e. The number of unbranched alkanes of at least 4 members (excludes halogenated alkanes) is 1. The van der Waals surface area contributed by atoms with Crippen molar-refractivity contribution in [3.8, 4) is 0 Å². The van der Waals surface area contributed by atoms with Crippen molar-refractivity contribution in [2.24, 2.45) is 11.8 Å². The van der Waals surface area contributed by atoms with Crippen molar-refractivity contribution in [2.45, 2.75) is 90.6 Å². The number of benzene rings is 2. The maximum absolute atomic E-state index is 5.20. The lowest BCUT2D eigenvalue weighted by Gasteiger charge is -2.28. The zero-order valence-electron chi connectivity index (χ0n) is 20.5. The van der Waals surface area contributed by atoms with Gasteiger partial charge in [0.15, 0.2) is 0 Å². The summed E-state index contributed by atoms with van der Waals surface area (Å²) >= 11 is 0. The molecule has 0 bridgehead atoms. The predicted molar refractivity (Wildman–Crippen MR) is 138 cm³/mol. The molecular formula is C31H44O. The zero-order chi connectivity index (χ0) is 22.4. The molecule has 1 saturated carbocycles. The highest BCUT2D eigenvalue weighted by atomic mass is 16.5. The van der Waals surface area contributed by atoms with Gasteiger partial charge in [0.1, 0.15) is 0 Å². The molecule has 32 heavy (non-hydrogen) atoms. The fourth-order valence-corrected chi connectivity index (χ4v) is 5.14. The maximum Gasteiger partial charge on any atom is 0.0713 e. The van der Waals surface area contributed by atoms with Gasteiger partial charge in [-0.2, -0.15) is 0 Å². The van der Waals surface area contributed by atoms with Gasteiger partial charge in [-0.3, -0.25) is 0 Å². The second-order valence-corrected chi connectivity index (χ2v) is 9.82. The number of hydrogen-bond donors (Lipinski definition) is 0. The summed E-state index contributed by atoms with van der Waals surface area (Å²) in [6.07, 6.45) is 20.5. The van der Waals surface area contributed by atoms with Crippen LogP contribution in [0.15, 0.2) is 60.7 Å². The van der Waals surface area contributed by atoms with Gasteiger partial charge in [-0.1, -0.05) is 106 Å². The van der Waals surface area contributed by atoms with Gasteiger partial charge in [0, 0.05) is 7.11 Å². The molecule has 2 aromatic carbocycles. The maximum atomic E-state index is 5.20. The van der Waals surface area contributed by atoms with Gasteiger partial charge >= 0.3 is 0 Å². The third-order valence-electron chi connectivity index (χ3n) is 7.25. The largest absolute Gasteiger partial charge is 0.380 e. The van der Waals surface area contributed by atoms with Crippen molar-refractivity contribution in [1.82, 2.24) is 0 Å². The molecule has 1 fully saturated rings. The van der Waals surface area contributed by atoms with E-state index in [1.54, 1.807) is 7.11 Å². The summed E-state index contributed by atoms with van der Waals surface area (Å²) in [5, 5.41) is 0. The Kier molecular flexibility index (Phi) is 11.1. The molecule has 2 aromatic rings. The molecule has 1 nitrogen and oxygen atoms in total. The van der Waals surface area contributed by atoms with Crippen LogP contribution in [0.4, 0.5) is 0 Å². The molecule has 0 aromatic heterocycles. The minimum absolute atomic E-state index is 0.714. The normalized spacial score (nSPS) is 18.9. The average molecular weight is 433 g/mol. The van der Waals surface area contributed by atoms with Gasteiger partial charge in [-0.15, -0.1) is 0 Å². The third-order valence-corrected chi connectivity index (χ3v) is 7.25. The van der Waals surface area contributed by atoms with Gasteiger partial charge in [-0.25, -0.2) is 0 Å². The Balaban J connectivity index is 1.26. The molecule has 0 atom stereocenters. The fourth-order valence-electron chi connectivity index (χ4n) is 5.14. The molecule has 0 aliphatic heterocycles. The number of allylic oxidation sites excluding steroid dienone is 2. The Hall–Kier alpha value is -1.86. The van der Waals surface area contributed by atoms with Crippen molar-refractivity contribution < 1.29 is 4.74 Å². The highest BCUT2D eigenvalue weighted by Crippen LogP contribution is 2.34. The summed E-state index contributed by atoms with van der Waals surface area (Å²) < 4.78 is 5.20. The van der Waals surface area contributed by atoms with Crippen LogP contribution in [0.25, 0.3) is 0 Å². The number of hydrogen-bond acceptors (Lipinski definition) is 1. The van der Waals surface area contributed by atoms with Gasteiger partial charge in [0.25, 0.3) is 0 Å². The molecule has 0 heterocycles. The van der Waals surface area contributed by atoms with Gasteiger partial charge in [-0.05, 0) is 72.6 Å². The number of rotatable bonds is 13. The topological polar surface area (TPSA) is 9.23 Å². The summed E-state index contributed by atoms with van der Waals surface area (Å²) in [5.41, 5.74) is 5.69. The van der Waals surface area contributed by atoms with E-state index < -0.39 is 0 Å². The first-order chi connectivity index (χ1) is 15.8. The van der Waals surface area contributed by atoms with Crippen LogP contribution in [0.3, 0.4) is 0 Å². The van der Waals surface area contributed by atoms with Crippen LogP contribution >= 0.6 is 0 Å². The van der Waals surface area contributed by atoms with Crippen LogP contribution in [-0.4, -0.2) is 7.11 Å². The van der Waals surface area contributed by atoms with Gasteiger partial charge in [0.2, 0.25) is 0 Å². The van der Waals surface area contributed by atoms with Gasteiger partial charge < -0.3 is 4.74 Å². The summed E-state index contributed by atoms with van der Waals surface area (Å²) in [5.74, 6) is 1.93. The first kappa shape index (κ1) is 24.8. The van der Waals surface area contributed by atoms with Crippen molar-refractivity contribution in [3.05, 3.63) is 82.9 Å². The summed E-state index contributed by atoms with van der Waals surface area (Å²) in [6, 6.07) is 18.3. The molecule has 0 unspecified atom stereocenters. The summed E-state index contributed by atoms with van der Waals surface area (Å²) in [4.78, 5) is 0. The molecule has 0 amide bonds. The summed E-state index contributed by atoms with van der Waals surface area (Å²) in [7, 11) is 1.76. The predicted octanol–water partition coefficient (Wildman–Crippen LogP) is 8.49. The van der Waals surface area contributed by atoms with E-state index in [2.05, 4.69) is 67.6 Å². The quantitative estimate of drug-likeness (QED) is 0.228. The molecule has 1 aliphatic rings.